The summed E-state index contributed by atoms with van der Waals surface area (Å²) in [6.45, 7) is 3.96. The van der Waals surface area contributed by atoms with E-state index in [0.29, 0.717) is 25.2 Å². The number of hydrogen-bond acceptors (Lipinski definition) is 3. The fourth-order valence-corrected chi connectivity index (χ4v) is 2.20. The molecule has 1 amide bonds. The Morgan fingerprint density at radius 2 is 2.05 bits per heavy atom. The minimum absolute atomic E-state index is 0.191. The van der Waals surface area contributed by atoms with Gasteiger partial charge in [-0.05, 0) is 43.7 Å². The van der Waals surface area contributed by atoms with Crippen molar-refractivity contribution >= 4 is 5.91 Å². The average molecular weight is 280 g/mol. The number of ether oxygens (including phenoxy) is 1. The molecule has 1 saturated heterocycles. The van der Waals surface area contributed by atoms with Gasteiger partial charge in [-0.15, -0.1) is 0 Å². The number of amides is 1. The van der Waals surface area contributed by atoms with Crippen molar-refractivity contribution in [2.24, 2.45) is 0 Å². The summed E-state index contributed by atoms with van der Waals surface area (Å²) in [5, 5.41) is 3.28. The molecule has 0 atom stereocenters. The van der Waals surface area contributed by atoms with Gasteiger partial charge in [0.2, 0.25) is 5.91 Å². The molecular formula is C15H21FN2O2. The molecule has 2 rings (SSSR count). The molecule has 0 bridgehead atoms. The molecule has 0 aliphatic carbocycles. The smallest absolute Gasteiger partial charge is 0.222 e. The van der Waals surface area contributed by atoms with Gasteiger partial charge >= 0.3 is 0 Å². The van der Waals surface area contributed by atoms with E-state index in [2.05, 4.69) is 5.32 Å². The molecule has 1 N–H and O–H groups in total. The van der Waals surface area contributed by atoms with Gasteiger partial charge in [-0.25, -0.2) is 4.39 Å². The summed E-state index contributed by atoms with van der Waals surface area (Å²) >= 11 is 0. The van der Waals surface area contributed by atoms with Crippen molar-refractivity contribution in [2.45, 2.75) is 19.3 Å². The van der Waals surface area contributed by atoms with Gasteiger partial charge in [-0.3, -0.25) is 4.79 Å². The van der Waals surface area contributed by atoms with E-state index in [9.17, 15) is 9.18 Å². The first-order chi connectivity index (χ1) is 9.75. The first-order valence-corrected chi connectivity index (χ1v) is 7.12. The maximum Gasteiger partial charge on any atom is 0.222 e. The highest BCUT2D eigenvalue weighted by Crippen LogP contribution is 2.11. The number of nitrogens with zero attached hydrogens (tertiary/aromatic N) is 1. The van der Waals surface area contributed by atoms with Gasteiger partial charge in [0.15, 0.2) is 0 Å². The summed E-state index contributed by atoms with van der Waals surface area (Å²) in [5.74, 6) is 0.552. The molecule has 1 aromatic rings. The second-order valence-corrected chi connectivity index (χ2v) is 4.89. The highest BCUT2D eigenvalue weighted by molar-refractivity contribution is 5.76. The van der Waals surface area contributed by atoms with Crippen LogP contribution < -0.4 is 10.1 Å². The predicted molar refractivity (Wildman–Crippen MR) is 75.2 cm³/mol. The standard InChI is InChI=1S/C15H21FN2O2/c16-13-4-6-14(7-5-13)20-12-1-3-15(19)18-10-2-8-17-9-11-18/h4-7,17H,1-3,8-12H2. The SMILES string of the molecule is O=C(CCCOc1ccc(F)cc1)N1CCCNCC1. The minimum Gasteiger partial charge on any atom is -0.494 e. The number of carbonyl (C=O) groups is 1. The molecule has 1 aliphatic rings. The molecule has 0 aromatic heterocycles. The molecule has 5 heteroatoms. The summed E-state index contributed by atoms with van der Waals surface area (Å²) in [7, 11) is 0. The van der Waals surface area contributed by atoms with Crippen LogP contribution in [-0.2, 0) is 4.79 Å². The number of carbonyl (C=O) groups excluding carboxylic acids is 1. The third kappa shape index (κ3) is 4.81. The maximum atomic E-state index is 12.7. The molecule has 1 fully saturated rings. The van der Waals surface area contributed by atoms with Crippen molar-refractivity contribution < 1.29 is 13.9 Å². The van der Waals surface area contributed by atoms with Crippen LogP contribution in [0.3, 0.4) is 0 Å². The van der Waals surface area contributed by atoms with E-state index < -0.39 is 0 Å². The Kier molecular flexibility index (Phi) is 5.80. The van der Waals surface area contributed by atoms with E-state index in [-0.39, 0.29) is 11.7 Å². The van der Waals surface area contributed by atoms with E-state index in [1.165, 1.54) is 12.1 Å². The zero-order chi connectivity index (χ0) is 14.2. The Morgan fingerprint density at radius 1 is 1.25 bits per heavy atom. The number of halogens is 1. The summed E-state index contributed by atoms with van der Waals surface area (Å²) in [4.78, 5) is 13.9. The lowest BCUT2D eigenvalue weighted by atomic mass is 10.2. The van der Waals surface area contributed by atoms with Crippen molar-refractivity contribution in [3.05, 3.63) is 30.1 Å². The minimum atomic E-state index is -0.276. The number of rotatable bonds is 5. The van der Waals surface area contributed by atoms with Crippen molar-refractivity contribution in [3.63, 3.8) is 0 Å². The molecule has 1 aliphatic heterocycles. The lowest BCUT2D eigenvalue weighted by Gasteiger charge is -2.19. The molecule has 20 heavy (non-hydrogen) atoms. The van der Waals surface area contributed by atoms with Crippen LogP contribution in [0.5, 0.6) is 5.75 Å². The third-order valence-corrected chi connectivity index (χ3v) is 3.31. The normalized spacial score (nSPS) is 15.8. The highest BCUT2D eigenvalue weighted by atomic mass is 19.1. The Labute approximate surface area is 118 Å². The Hall–Kier alpha value is -1.62. The molecule has 0 spiro atoms. The summed E-state index contributed by atoms with van der Waals surface area (Å²) in [6.07, 6.45) is 2.19. The van der Waals surface area contributed by atoms with Gasteiger partial charge in [-0.1, -0.05) is 0 Å². The maximum absolute atomic E-state index is 12.7. The third-order valence-electron chi connectivity index (χ3n) is 3.31. The van der Waals surface area contributed by atoms with Crippen molar-refractivity contribution in [3.8, 4) is 5.75 Å². The van der Waals surface area contributed by atoms with Crippen LogP contribution in [0.1, 0.15) is 19.3 Å². The molecule has 110 valence electrons. The van der Waals surface area contributed by atoms with Crippen LogP contribution in [0, 0.1) is 5.82 Å². The monoisotopic (exact) mass is 280 g/mol. The summed E-state index contributed by atoms with van der Waals surface area (Å²) < 4.78 is 18.2. The molecule has 1 heterocycles. The first kappa shape index (κ1) is 14.8. The van der Waals surface area contributed by atoms with Gasteiger partial charge in [-0.2, -0.15) is 0 Å². The number of nitrogens with one attached hydrogen (secondary N) is 1. The largest absolute Gasteiger partial charge is 0.494 e. The molecule has 4 nitrogen and oxygen atoms in total. The Bertz CT molecular complexity index is 414. The lowest BCUT2D eigenvalue weighted by Crippen LogP contribution is -2.34. The molecule has 0 saturated carbocycles. The fraction of sp³-hybridized carbons (Fsp3) is 0.533. The van der Waals surface area contributed by atoms with E-state index >= 15 is 0 Å². The number of hydrogen-bond donors (Lipinski definition) is 1. The van der Waals surface area contributed by atoms with Crippen molar-refractivity contribution in [2.75, 3.05) is 32.8 Å². The van der Waals surface area contributed by atoms with Crippen LogP contribution in [0.15, 0.2) is 24.3 Å². The van der Waals surface area contributed by atoms with Crippen molar-refractivity contribution in [1.29, 1.82) is 0 Å². The van der Waals surface area contributed by atoms with E-state index in [0.717, 1.165) is 32.6 Å². The van der Waals surface area contributed by atoms with Gasteiger partial charge in [0.05, 0.1) is 6.61 Å². The Balaban J connectivity index is 1.64. The topological polar surface area (TPSA) is 41.6 Å². The van der Waals surface area contributed by atoms with Crippen LogP contribution in [0.2, 0.25) is 0 Å². The van der Waals surface area contributed by atoms with Crippen molar-refractivity contribution in [1.82, 2.24) is 10.2 Å². The number of benzene rings is 1. The van der Waals surface area contributed by atoms with Crippen LogP contribution in [0.25, 0.3) is 0 Å². The predicted octanol–water partition coefficient (Wildman–Crippen LogP) is 1.81. The second-order valence-electron chi connectivity index (χ2n) is 4.89. The summed E-state index contributed by atoms with van der Waals surface area (Å²) in [5.41, 5.74) is 0. The zero-order valence-corrected chi connectivity index (χ0v) is 11.6. The van der Waals surface area contributed by atoms with E-state index in [1.54, 1.807) is 12.1 Å². The fourth-order valence-electron chi connectivity index (χ4n) is 2.20. The average Bonchev–Trinajstić information content (AvgIpc) is 2.74. The van der Waals surface area contributed by atoms with Gasteiger partial charge in [0, 0.05) is 26.1 Å². The molecule has 0 radical (unpaired) electrons. The molecule has 1 aromatic carbocycles. The molecule has 0 unspecified atom stereocenters. The van der Waals surface area contributed by atoms with E-state index in [4.69, 9.17) is 4.74 Å². The van der Waals surface area contributed by atoms with Gasteiger partial charge < -0.3 is 15.0 Å². The van der Waals surface area contributed by atoms with Crippen LogP contribution in [-0.4, -0.2) is 43.6 Å². The van der Waals surface area contributed by atoms with Crippen LogP contribution in [0.4, 0.5) is 4.39 Å². The van der Waals surface area contributed by atoms with Gasteiger partial charge in [0.25, 0.3) is 0 Å². The quantitative estimate of drug-likeness (QED) is 0.836. The van der Waals surface area contributed by atoms with E-state index in [1.807, 2.05) is 4.90 Å². The summed E-state index contributed by atoms with van der Waals surface area (Å²) in [6, 6.07) is 5.92. The lowest BCUT2D eigenvalue weighted by molar-refractivity contribution is -0.131. The second kappa shape index (κ2) is 7.85. The molecular weight excluding hydrogens is 259 g/mol. The zero-order valence-electron chi connectivity index (χ0n) is 11.6. The Morgan fingerprint density at radius 3 is 2.85 bits per heavy atom. The highest BCUT2D eigenvalue weighted by Gasteiger charge is 2.14. The van der Waals surface area contributed by atoms with Gasteiger partial charge in [0.1, 0.15) is 11.6 Å². The van der Waals surface area contributed by atoms with Crippen LogP contribution >= 0.6 is 0 Å². The first-order valence-electron chi connectivity index (χ1n) is 7.12.